The van der Waals surface area contributed by atoms with Crippen molar-refractivity contribution >= 4 is 17.7 Å². The van der Waals surface area contributed by atoms with Gasteiger partial charge in [-0.15, -0.1) is 0 Å². The highest BCUT2D eigenvalue weighted by Crippen LogP contribution is 2.26. The molecule has 0 fully saturated rings. The van der Waals surface area contributed by atoms with Gasteiger partial charge in [-0.3, -0.25) is 4.79 Å². The largest absolute Gasteiger partial charge is 0.489 e. The Hall–Kier alpha value is -5.74. The number of hydrogen-bond acceptors (Lipinski definition) is 8. The molecule has 1 heterocycles. The van der Waals surface area contributed by atoms with Crippen molar-refractivity contribution in [2.45, 2.75) is 13.2 Å². The molecule has 1 amide bonds. The number of hydrogen-bond donors (Lipinski definition) is 2. The van der Waals surface area contributed by atoms with Crippen molar-refractivity contribution in [3.63, 3.8) is 0 Å². The molecular weight excluding hydrogens is 486 g/mol. The van der Waals surface area contributed by atoms with Gasteiger partial charge in [0, 0.05) is 22.8 Å². The summed E-state index contributed by atoms with van der Waals surface area (Å²) in [5, 5.41) is 30.2. The Morgan fingerprint density at radius 2 is 1.37 bits per heavy atom. The van der Waals surface area contributed by atoms with E-state index in [9.17, 15) is 20.1 Å². The molecule has 0 radical (unpaired) electrons. The van der Waals surface area contributed by atoms with Crippen LogP contribution in [0.15, 0.2) is 79.1 Å². The van der Waals surface area contributed by atoms with Gasteiger partial charge in [-0.2, -0.15) is 10.5 Å². The maximum Gasteiger partial charge on any atom is 0.356 e. The summed E-state index contributed by atoms with van der Waals surface area (Å²) in [7, 11) is 0. The number of carboxylic acids is 1. The molecule has 0 unspecified atom stereocenters. The average Bonchev–Trinajstić information content (AvgIpc) is 2.95. The number of nitrogens with zero attached hydrogens (tertiary/aromatic N) is 4. The zero-order chi connectivity index (χ0) is 26.9. The molecule has 0 aliphatic heterocycles. The Morgan fingerprint density at radius 1 is 0.816 bits per heavy atom. The quantitative estimate of drug-likeness (QED) is 0.338. The molecule has 38 heavy (non-hydrogen) atoms. The molecule has 4 aromatic rings. The summed E-state index contributed by atoms with van der Waals surface area (Å²) < 4.78 is 11.8. The summed E-state index contributed by atoms with van der Waals surface area (Å²) in [4.78, 5) is 31.6. The molecule has 186 valence electrons. The van der Waals surface area contributed by atoms with Crippen LogP contribution in [0.5, 0.6) is 11.5 Å². The molecule has 4 rings (SSSR count). The number of rotatable bonds is 9. The van der Waals surface area contributed by atoms with Crippen LogP contribution in [0.1, 0.15) is 43.1 Å². The van der Waals surface area contributed by atoms with E-state index in [1.807, 2.05) is 0 Å². The second-order valence-corrected chi connectivity index (χ2v) is 7.85. The Kier molecular flexibility index (Phi) is 7.87. The van der Waals surface area contributed by atoms with Crippen LogP contribution in [0.2, 0.25) is 0 Å². The van der Waals surface area contributed by atoms with Crippen molar-refractivity contribution in [2.75, 3.05) is 5.32 Å². The molecule has 10 nitrogen and oxygen atoms in total. The summed E-state index contributed by atoms with van der Waals surface area (Å²) in [5.74, 6) is -1.13. The Balaban J connectivity index is 1.58. The maximum absolute atomic E-state index is 13.0. The second kappa shape index (κ2) is 11.8. The summed E-state index contributed by atoms with van der Waals surface area (Å²) >= 11 is 0. The predicted octanol–water partition coefficient (Wildman–Crippen LogP) is 4.33. The Morgan fingerprint density at radius 3 is 1.84 bits per heavy atom. The van der Waals surface area contributed by atoms with Crippen LogP contribution in [0, 0.1) is 22.7 Å². The lowest BCUT2D eigenvalue weighted by molar-refractivity contribution is 0.0690. The first kappa shape index (κ1) is 25.4. The predicted molar refractivity (Wildman–Crippen MR) is 134 cm³/mol. The first-order valence-corrected chi connectivity index (χ1v) is 11.2. The second-order valence-electron chi connectivity index (χ2n) is 7.85. The highest BCUT2D eigenvalue weighted by atomic mass is 16.5. The molecule has 1 aromatic heterocycles. The van der Waals surface area contributed by atoms with Gasteiger partial charge in [-0.25, -0.2) is 14.8 Å². The van der Waals surface area contributed by atoms with Gasteiger partial charge >= 0.3 is 5.97 Å². The number of nitrogens with one attached hydrogen (secondary N) is 1. The Bertz CT molecular complexity index is 1490. The summed E-state index contributed by atoms with van der Waals surface area (Å²) in [6.45, 7) is 0.154. The van der Waals surface area contributed by atoms with Crippen molar-refractivity contribution < 1.29 is 24.2 Å². The van der Waals surface area contributed by atoms with Crippen LogP contribution < -0.4 is 14.8 Å². The van der Waals surface area contributed by atoms with E-state index in [1.165, 1.54) is 12.1 Å². The minimum Gasteiger partial charge on any atom is -0.489 e. The molecule has 0 spiro atoms. The Labute approximate surface area is 217 Å². The molecular formula is C28H19N5O5. The summed E-state index contributed by atoms with van der Waals surface area (Å²) in [6, 6.07) is 22.8. The van der Waals surface area contributed by atoms with E-state index in [0.29, 0.717) is 33.8 Å². The van der Waals surface area contributed by atoms with Gasteiger partial charge < -0.3 is 19.9 Å². The number of aromatic carboxylic acids is 1. The number of carboxylic acid groups (broad SMARTS) is 1. The van der Waals surface area contributed by atoms with E-state index in [0.717, 1.165) is 12.4 Å². The van der Waals surface area contributed by atoms with Crippen molar-refractivity contribution in [2.24, 2.45) is 0 Å². The fourth-order valence-corrected chi connectivity index (χ4v) is 3.39. The third kappa shape index (κ3) is 6.27. The van der Waals surface area contributed by atoms with Crippen LogP contribution in [-0.2, 0) is 13.2 Å². The number of nitriles is 2. The molecule has 0 saturated heterocycles. The lowest BCUT2D eigenvalue weighted by Crippen LogP contribution is -2.14. The third-order valence-electron chi connectivity index (χ3n) is 5.32. The van der Waals surface area contributed by atoms with Gasteiger partial charge in [0.1, 0.15) is 24.7 Å². The SMILES string of the molecule is N#Cc1ccccc1COc1cc(OCc2ccccc2C#N)cc(C(=O)Nc2cnc(C(=O)O)cn2)c1. The number of benzene rings is 3. The van der Waals surface area contributed by atoms with Gasteiger partial charge in [-0.1, -0.05) is 36.4 Å². The molecule has 3 aromatic carbocycles. The number of carbonyl (C=O) groups is 2. The van der Waals surface area contributed by atoms with Gasteiger partial charge in [0.05, 0.1) is 35.7 Å². The van der Waals surface area contributed by atoms with Gasteiger partial charge in [0.15, 0.2) is 11.5 Å². The molecule has 0 saturated carbocycles. The monoisotopic (exact) mass is 505 g/mol. The number of aromatic nitrogens is 2. The van der Waals surface area contributed by atoms with Crippen LogP contribution in [0.4, 0.5) is 5.82 Å². The number of anilines is 1. The van der Waals surface area contributed by atoms with Crippen molar-refractivity contribution in [1.82, 2.24) is 9.97 Å². The molecule has 2 N–H and O–H groups in total. The summed E-state index contributed by atoms with van der Waals surface area (Å²) in [6.07, 6.45) is 2.17. The fourth-order valence-electron chi connectivity index (χ4n) is 3.39. The highest BCUT2D eigenvalue weighted by Gasteiger charge is 2.14. The first-order valence-electron chi connectivity index (χ1n) is 11.2. The average molecular weight is 505 g/mol. The normalized spacial score (nSPS) is 10.1. The third-order valence-corrected chi connectivity index (χ3v) is 5.32. The smallest absolute Gasteiger partial charge is 0.356 e. The summed E-state index contributed by atoms with van der Waals surface area (Å²) in [5.41, 5.74) is 2.19. The van der Waals surface area contributed by atoms with E-state index >= 15 is 0 Å². The van der Waals surface area contributed by atoms with E-state index in [4.69, 9.17) is 14.6 Å². The van der Waals surface area contributed by atoms with Crippen LogP contribution in [0.25, 0.3) is 0 Å². The molecule has 0 aliphatic rings. The minimum absolute atomic E-state index is 0.0553. The van der Waals surface area contributed by atoms with E-state index < -0.39 is 11.9 Å². The van der Waals surface area contributed by atoms with Crippen molar-refractivity contribution in [3.05, 3.63) is 113 Å². The molecule has 10 heteroatoms. The zero-order valence-corrected chi connectivity index (χ0v) is 19.8. The maximum atomic E-state index is 13.0. The van der Waals surface area contributed by atoms with E-state index in [-0.39, 0.29) is 30.3 Å². The number of ether oxygens (including phenoxy) is 2. The van der Waals surface area contributed by atoms with E-state index in [1.54, 1.807) is 54.6 Å². The molecule has 0 aliphatic carbocycles. The van der Waals surface area contributed by atoms with Gasteiger partial charge in [0.25, 0.3) is 5.91 Å². The lowest BCUT2D eigenvalue weighted by Gasteiger charge is -2.13. The van der Waals surface area contributed by atoms with Crippen LogP contribution in [-0.4, -0.2) is 27.0 Å². The highest BCUT2D eigenvalue weighted by molar-refractivity contribution is 6.04. The van der Waals surface area contributed by atoms with Crippen LogP contribution in [0.3, 0.4) is 0 Å². The number of amides is 1. The van der Waals surface area contributed by atoms with Crippen LogP contribution >= 0.6 is 0 Å². The standard InChI is InChI=1S/C28H19N5O5/c29-12-18-5-1-3-7-20(18)16-37-23-9-22(27(34)33-26-15-31-25(14-32-26)28(35)36)10-24(11-23)38-17-21-8-4-2-6-19(21)13-30/h1-11,14-15H,16-17H2,(H,35,36)(H,32,33,34). The molecule has 0 atom stereocenters. The zero-order valence-electron chi connectivity index (χ0n) is 19.8. The van der Waals surface area contributed by atoms with E-state index in [2.05, 4.69) is 27.4 Å². The lowest BCUT2D eigenvalue weighted by atomic mass is 10.1. The number of carbonyl (C=O) groups excluding carboxylic acids is 1. The topological polar surface area (TPSA) is 158 Å². The van der Waals surface area contributed by atoms with Gasteiger partial charge in [0.2, 0.25) is 0 Å². The molecule has 0 bridgehead atoms. The first-order chi connectivity index (χ1) is 18.5. The minimum atomic E-state index is -1.24. The van der Waals surface area contributed by atoms with Crippen molar-refractivity contribution in [1.29, 1.82) is 10.5 Å². The fraction of sp³-hybridized carbons (Fsp3) is 0.0714. The van der Waals surface area contributed by atoms with Gasteiger partial charge in [-0.05, 0) is 24.3 Å². The van der Waals surface area contributed by atoms with Crippen molar-refractivity contribution in [3.8, 4) is 23.6 Å².